The molecule has 0 aliphatic carbocycles. The molecule has 2 saturated heterocycles. The Morgan fingerprint density at radius 2 is 1.96 bits per heavy atom. The number of hydrogen-bond donors (Lipinski definition) is 2. The molecule has 0 aromatic carbocycles. The average Bonchev–Trinajstić information content (AvgIpc) is 2.89. The molecule has 3 rings (SSSR count). The highest BCUT2D eigenvalue weighted by atomic mass is 19.3. The number of aliphatic hydroxyl groups is 1. The Balaban J connectivity index is 1.69. The van der Waals surface area contributed by atoms with Gasteiger partial charge in [-0.2, -0.15) is 0 Å². The fourth-order valence-corrected chi connectivity index (χ4v) is 3.39. The van der Waals surface area contributed by atoms with Crippen LogP contribution in [0.3, 0.4) is 0 Å². The van der Waals surface area contributed by atoms with Gasteiger partial charge in [-0.05, 0) is 19.1 Å². The summed E-state index contributed by atoms with van der Waals surface area (Å²) in [5, 5.41) is 10.2. The summed E-state index contributed by atoms with van der Waals surface area (Å²) in [5.74, 6) is -3.09. The minimum Gasteiger partial charge on any atom is -0.390 e. The fraction of sp³-hybridized carbons (Fsp3) is 0.625. The molecule has 2 aliphatic heterocycles. The van der Waals surface area contributed by atoms with Crippen molar-refractivity contribution in [3.05, 3.63) is 33.7 Å². The molecule has 1 aromatic heterocycles. The topological polar surface area (TPSA) is 76.6 Å². The number of carbonyl (C=O) groups excluding carboxylic acids is 1. The molecule has 1 amide bonds. The number of β-amino-alcohol motifs (C(OH)–C–C–N with tert-alkyl or cyclic N) is 1. The smallest absolute Gasteiger partial charge is 0.260 e. The SMILES string of the molecule is Cc1ccc(C(=O)N2C[C@@H](O)[C@H](N3CCC(F)(F)CC3)C2)c(=O)[nH]1. The molecule has 0 spiro atoms. The number of halogens is 2. The van der Waals surface area contributed by atoms with E-state index in [-0.39, 0.29) is 50.6 Å². The number of H-pyrrole nitrogens is 1. The van der Waals surface area contributed by atoms with Gasteiger partial charge >= 0.3 is 0 Å². The summed E-state index contributed by atoms with van der Waals surface area (Å²) in [6.45, 7) is 2.45. The van der Waals surface area contributed by atoms with Crippen molar-refractivity contribution in [3.8, 4) is 0 Å². The molecular weight excluding hydrogens is 320 g/mol. The number of nitrogens with zero attached hydrogens (tertiary/aromatic N) is 2. The van der Waals surface area contributed by atoms with E-state index in [0.717, 1.165) is 0 Å². The van der Waals surface area contributed by atoms with E-state index in [1.54, 1.807) is 13.0 Å². The summed E-state index contributed by atoms with van der Waals surface area (Å²) in [5.41, 5.74) is 0.222. The Morgan fingerprint density at radius 3 is 2.58 bits per heavy atom. The standard InChI is InChI=1S/C16H21F2N3O3/c1-10-2-3-11(14(23)19-10)15(24)21-8-12(13(22)9-21)20-6-4-16(17,18)5-7-20/h2-3,12-13,22H,4-9H2,1H3,(H,19,23)/t12-,13-/m1/s1. The van der Waals surface area contributed by atoms with E-state index in [2.05, 4.69) is 4.98 Å². The Labute approximate surface area is 138 Å². The third-order valence-electron chi connectivity index (χ3n) is 4.83. The van der Waals surface area contributed by atoms with E-state index in [4.69, 9.17) is 0 Å². The highest BCUT2D eigenvalue weighted by Crippen LogP contribution is 2.30. The summed E-state index contributed by atoms with van der Waals surface area (Å²) >= 11 is 0. The lowest BCUT2D eigenvalue weighted by Crippen LogP contribution is -2.49. The molecule has 0 radical (unpaired) electrons. The first kappa shape index (κ1) is 17.0. The first-order valence-electron chi connectivity index (χ1n) is 8.06. The van der Waals surface area contributed by atoms with E-state index >= 15 is 0 Å². The predicted octanol–water partition coefficient (Wildman–Crippen LogP) is 0.600. The molecule has 3 heterocycles. The minimum absolute atomic E-state index is 0.0265. The third-order valence-corrected chi connectivity index (χ3v) is 4.83. The van der Waals surface area contributed by atoms with E-state index in [0.29, 0.717) is 5.69 Å². The monoisotopic (exact) mass is 341 g/mol. The molecule has 1 aromatic rings. The molecular formula is C16H21F2N3O3. The van der Waals surface area contributed by atoms with Crippen LogP contribution in [-0.4, -0.2) is 70.0 Å². The molecule has 132 valence electrons. The van der Waals surface area contributed by atoms with Gasteiger partial charge in [0.2, 0.25) is 0 Å². The highest BCUT2D eigenvalue weighted by Gasteiger charge is 2.42. The molecule has 2 atom stereocenters. The number of piperidine rings is 1. The van der Waals surface area contributed by atoms with Crippen molar-refractivity contribution in [3.63, 3.8) is 0 Å². The third kappa shape index (κ3) is 3.34. The van der Waals surface area contributed by atoms with Crippen LogP contribution in [0.2, 0.25) is 0 Å². The van der Waals surface area contributed by atoms with Gasteiger partial charge in [0.1, 0.15) is 5.56 Å². The van der Waals surface area contributed by atoms with Crippen molar-refractivity contribution in [1.82, 2.24) is 14.8 Å². The van der Waals surface area contributed by atoms with Crippen molar-refractivity contribution in [2.45, 2.75) is 37.8 Å². The molecule has 0 bridgehead atoms. The molecule has 2 fully saturated rings. The van der Waals surface area contributed by atoms with E-state index in [9.17, 15) is 23.5 Å². The van der Waals surface area contributed by atoms with Crippen molar-refractivity contribution in [2.24, 2.45) is 0 Å². The van der Waals surface area contributed by atoms with Crippen molar-refractivity contribution >= 4 is 5.91 Å². The lowest BCUT2D eigenvalue weighted by Gasteiger charge is -2.36. The van der Waals surface area contributed by atoms with Gasteiger partial charge in [-0.25, -0.2) is 8.78 Å². The molecule has 0 saturated carbocycles. The van der Waals surface area contributed by atoms with Crippen LogP contribution in [0.1, 0.15) is 28.9 Å². The van der Waals surface area contributed by atoms with Crippen LogP contribution in [0.4, 0.5) is 8.78 Å². The summed E-state index contributed by atoms with van der Waals surface area (Å²) in [4.78, 5) is 30.2. The van der Waals surface area contributed by atoms with Gasteiger partial charge < -0.3 is 15.0 Å². The van der Waals surface area contributed by atoms with Gasteiger partial charge in [-0.1, -0.05) is 0 Å². The number of aromatic amines is 1. The fourth-order valence-electron chi connectivity index (χ4n) is 3.39. The van der Waals surface area contributed by atoms with Crippen LogP contribution in [0.15, 0.2) is 16.9 Å². The normalized spacial score (nSPS) is 27.4. The zero-order valence-corrected chi connectivity index (χ0v) is 13.5. The number of likely N-dealkylation sites (tertiary alicyclic amines) is 2. The number of aliphatic hydroxyl groups excluding tert-OH is 1. The van der Waals surface area contributed by atoms with E-state index in [1.807, 2.05) is 4.90 Å². The number of carbonyl (C=O) groups is 1. The quantitative estimate of drug-likeness (QED) is 0.826. The highest BCUT2D eigenvalue weighted by molar-refractivity contribution is 5.94. The van der Waals surface area contributed by atoms with Crippen LogP contribution >= 0.6 is 0 Å². The first-order valence-corrected chi connectivity index (χ1v) is 8.06. The van der Waals surface area contributed by atoms with Crippen LogP contribution in [0.25, 0.3) is 0 Å². The number of alkyl halides is 2. The van der Waals surface area contributed by atoms with Crippen LogP contribution < -0.4 is 5.56 Å². The Bertz CT molecular complexity index is 681. The lowest BCUT2D eigenvalue weighted by molar-refractivity contribution is -0.0697. The van der Waals surface area contributed by atoms with Gasteiger partial charge in [0, 0.05) is 44.7 Å². The van der Waals surface area contributed by atoms with Crippen molar-refractivity contribution < 1.29 is 18.7 Å². The average molecular weight is 341 g/mol. The zero-order valence-electron chi connectivity index (χ0n) is 13.5. The van der Waals surface area contributed by atoms with Gasteiger partial charge in [-0.15, -0.1) is 0 Å². The number of aromatic nitrogens is 1. The van der Waals surface area contributed by atoms with E-state index in [1.165, 1.54) is 11.0 Å². The first-order chi connectivity index (χ1) is 11.3. The van der Waals surface area contributed by atoms with Gasteiger partial charge in [-0.3, -0.25) is 14.5 Å². The van der Waals surface area contributed by atoms with Crippen LogP contribution in [0, 0.1) is 6.92 Å². The Kier molecular flexibility index (Phi) is 4.44. The maximum atomic E-state index is 13.3. The molecule has 24 heavy (non-hydrogen) atoms. The number of nitrogens with one attached hydrogen (secondary N) is 1. The number of aryl methyl sites for hydroxylation is 1. The van der Waals surface area contributed by atoms with Crippen LogP contribution in [0.5, 0.6) is 0 Å². The maximum absolute atomic E-state index is 13.3. The number of pyridine rings is 1. The second kappa shape index (κ2) is 6.25. The second-order valence-electron chi connectivity index (χ2n) is 6.62. The summed E-state index contributed by atoms with van der Waals surface area (Å²) < 4.78 is 26.5. The maximum Gasteiger partial charge on any atom is 0.260 e. The molecule has 6 nitrogen and oxygen atoms in total. The van der Waals surface area contributed by atoms with E-state index < -0.39 is 23.5 Å². The van der Waals surface area contributed by atoms with Gasteiger partial charge in [0.05, 0.1) is 12.1 Å². The molecule has 2 N–H and O–H groups in total. The van der Waals surface area contributed by atoms with Crippen LogP contribution in [-0.2, 0) is 0 Å². The predicted molar refractivity (Wildman–Crippen MR) is 83.3 cm³/mol. The molecule has 2 aliphatic rings. The zero-order chi connectivity index (χ0) is 17.5. The largest absolute Gasteiger partial charge is 0.390 e. The van der Waals surface area contributed by atoms with Crippen molar-refractivity contribution in [2.75, 3.05) is 26.2 Å². The number of hydrogen-bond acceptors (Lipinski definition) is 4. The summed E-state index contributed by atoms with van der Waals surface area (Å²) in [7, 11) is 0. The number of rotatable bonds is 2. The summed E-state index contributed by atoms with van der Waals surface area (Å²) in [6.07, 6.45) is -1.27. The molecule has 8 heteroatoms. The lowest BCUT2D eigenvalue weighted by atomic mass is 10.0. The summed E-state index contributed by atoms with van der Waals surface area (Å²) in [6, 6.07) is 2.75. The van der Waals surface area contributed by atoms with Gasteiger partial charge in [0.15, 0.2) is 0 Å². The van der Waals surface area contributed by atoms with Gasteiger partial charge in [0.25, 0.3) is 17.4 Å². The second-order valence-corrected chi connectivity index (χ2v) is 6.62. The number of amides is 1. The minimum atomic E-state index is -2.65. The molecule has 0 unspecified atom stereocenters. The Hall–Kier alpha value is -1.80. The van der Waals surface area contributed by atoms with Crippen molar-refractivity contribution in [1.29, 1.82) is 0 Å². The Morgan fingerprint density at radius 1 is 1.29 bits per heavy atom.